The fourth-order valence-electron chi connectivity index (χ4n) is 5.55. The van der Waals surface area contributed by atoms with E-state index < -0.39 is 16.2 Å². The number of benzene rings is 2. The summed E-state index contributed by atoms with van der Waals surface area (Å²) in [6.45, 7) is 6.30. The van der Waals surface area contributed by atoms with E-state index in [2.05, 4.69) is 16.7 Å². The fraction of sp³-hybridized carbons (Fsp3) is 0.400. The van der Waals surface area contributed by atoms with Crippen LogP contribution in [0.4, 0.5) is 5.69 Å². The topological polar surface area (TPSA) is 106 Å². The highest BCUT2D eigenvalue weighted by atomic mass is 32.3. The number of likely N-dealkylation sites (N-methyl/N-ethyl adjacent to an activating group) is 1. The maximum absolute atomic E-state index is 14.1. The first kappa shape index (κ1) is 30.0. The highest BCUT2D eigenvalue weighted by Gasteiger charge is 2.43. The van der Waals surface area contributed by atoms with Gasteiger partial charge in [-0.1, -0.05) is 25.1 Å². The molecule has 1 atom stereocenters. The van der Waals surface area contributed by atoms with Crippen molar-refractivity contribution in [1.29, 1.82) is 0 Å². The van der Waals surface area contributed by atoms with E-state index in [4.69, 9.17) is 13.7 Å². The van der Waals surface area contributed by atoms with Crippen LogP contribution in [0.15, 0.2) is 58.1 Å². The molecule has 2 amide bonds. The molecule has 0 spiro atoms. The van der Waals surface area contributed by atoms with Crippen molar-refractivity contribution in [3.63, 3.8) is 0 Å². The second kappa shape index (κ2) is 12.8. The third kappa shape index (κ3) is 5.89. The third-order valence-electron chi connectivity index (χ3n) is 7.79. The third-order valence-corrected chi connectivity index (χ3v) is 10.5. The average molecular weight is 614 g/mol. The van der Waals surface area contributed by atoms with Crippen LogP contribution < -0.4 is 14.4 Å². The summed E-state index contributed by atoms with van der Waals surface area (Å²) in [5.74, 6) is 0.232. The number of carbonyl (C=O) groups is 2. The Labute approximate surface area is 250 Å². The molecule has 42 heavy (non-hydrogen) atoms. The van der Waals surface area contributed by atoms with Gasteiger partial charge >= 0.3 is 10.1 Å². The zero-order valence-electron chi connectivity index (χ0n) is 23.9. The zero-order valence-corrected chi connectivity index (χ0v) is 25.6. The van der Waals surface area contributed by atoms with Crippen molar-refractivity contribution in [1.82, 2.24) is 9.80 Å². The van der Waals surface area contributed by atoms with Crippen molar-refractivity contribution < 1.29 is 31.7 Å². The quantitative estimate of drug-likeness (QED) is 0.167. The van der Waals surface area contributed by atoms with Gasteiger partial charge in [-0.15, -0.1) is 11.3 Å². The van der Waals surface area contributed by atoms with Gasteiger partial charge in [0.05, 0.1) is 43.7 Å². The van der Waals surface area contributed by atoms with Crippen molar-refractivity contribution >= 4 is 39.0 Å². The van der Waals surface area contributed by atoms with Gasteiger partial charge in [0.2, 0.25) is 0 Å². The van der Waals surface area contributed by atoms with E-state index in [-0.39, 0.29) is 35.5 Å². The van der Waals surface area contributed by atoms with Crippen molar-refractivity contribution in [3.8, 4) is 11.5 Å². The molecule has 2 aromatic carbocycles. The second-order valence-corrected chi connectivity index (χ2v) is 12.9. The summed E-state index contributed by atoms with van der Waals surface area (Å²) in [6, 6.07) is 13.2. The molecule has 224 valence electrons. The maximum Gasteiger partial charge on any atom is 0.306 e. The number of hydrogen-bond donors (Lipinski definition) is 0. The Morgan fingerprint density at radius 3 is 2.36 bits per heavy atom. The number of hydrogen-bond acceptors (Lipinski definition) is 10. The monoisotopic (exact) mass is 613 g/mol. The molecule has 5 rings (SSSR count). The van der Waals surface area contributed by atoms with Gasteiger partial charge in [-0.05, 0) is 60.7 Å². The minimum atomic E-state index is -3.88. The van der Waals surface area contributed by atoms with Crippen molar-refractivity contribution in [2.24, 2.45) is 0 Å². The normalized spacial score (nSPS) is 16.5. The van der Waals surface area contributed by atoms with Crippen LogP contribution in [-0.2, 0) is 14.3 Å². The van der Waals surface area contributed by atoms with E-state index in [1.54, 1.807) is 35.7 Å². The van der Waals surface area contributed by atoms with Crippen LogP contribution in [0.25, 0.3) is 0 Å². The standard InChI is InChI=1S/C30H35N3O7S2/c1-4-31-14-16-32(17-15-31)24-9-5-8-22-28(24)30(35)33(29(22)34)23(21-12-13-25(38-2)26(20-21)39-3)10-6-18-40-42(36,37)27-11-7-19-41-27/h5,7-9,11-13,19-20,23H,4,6,10,14-18H2,1-3H3/t23-/m1/s1. The van der Waals surface area contributed by atoms with Crippen LogP contribution in [-0.4, -0.2) is 83.6 Å². The lowest BCUT2D eigenvalue weighted by molar-refractivity contribution is 0.0568. The molecule has 0 saturated carbocycles. The molecule has 1 fully saturated rings. The minimum absolute atomic E-state index is 0.0971. The molecule has 1 saturated heterocycles. The number of nitrogens with zero attached hydrogens (tertiary/aromatic N) is 3. The number of anilines is 1. The maximum atomic E-state index is 14.1. The Morgan fingerprint density at radius 1 is 0.929 bits per heavy atom. The predicted octanol–water partition coefficient (Wildman–Crippen LogP) is 4.43. The Kier molecular flexibility index (Phi) is 9.16. The predicted molar refractivity (Wildman–Crippen MR) is 160 cm³/mol. The first-order chi connectivity index (χ1) is 20.3. The molecule has 0 aliphatic carbocycles. The first-order valence-corrected chi connectivity index (χ1v) is 16.2. The second-order valence-electron chi connectivity index (χ2n) is 10.1. The van der Waals surface area contributed by atoms with E-state index in [1.165, 1.54) is 25.2 Å². The molecule has 3 heterocycles. The van der Waals surface area contributed by atoms with Gasteiger partial charge in [0, 0.05) is 26.2 Å². The molecule has 0 radical (unpaired) electrons. The highest BCUT2D eigenvalue weighted by molar-refractivity contribution is 7.89. The lowest BCUT2D eigenvalue weighted by Gasteiger charge is -2.36. The van der Waals surface area contributed by atoms with Crippen LogP contribution in [0, 0.1) is 0 Å². The number of piperazine rings is 1. The number of imide groups is 1. The van der Waals surface area contributed by atoms with E-state index in [0.29, 0.717) is 28.2 Å². The molecule has 0 unspecified atom stereocenters. The number of amides is 2. The Bertz CT molecular complexity index is 1530. The largest absolute Gasteiger partial charge is 0.493 e. The highest BCUT2D eigenvalue weighted by Crippen LogP contribution is 2.40. The fourth-order valence-corrected chi connectivity index (χ4v) is 7.48. The number of fused-ring (bicyclic) bond motifs is 1. The summed E-state index contributed by atoms with van der Waals surface area (Å²) in [7, 11) is -0.827. The molecular formula is C30H35N3O7S2. The van der Waals surface area contributed by atoms with Gasteiger partial charge in [-0.3, -0.25) is 18.7 Å². The van der Waals surface area contributed by atoms with Gasteiger partial charge in [-0.2, -0.15) is 8.42 Å². The lowest BCUT2D eigenvalue weighted by Crippen LogP contribution is -2.46. The smallest absolute Gasteiger partial charge is 0.306 e. The van der Waals surface area contributed by atoms with Crippen molar-refractivity contribution in [3.05, 3.63) is 70.6 Å². The molecule has 1 aromatic heterocycles. The average Bonchev–Trinajstić information content (AvgIpc) is 3.65. The summed E-state index contributed by atoms with van der Waals surface area (Å²) in [6.07, 6.45) is 0.564. The molecule has 3 aromatic rings. The summed E-state index contributed by atoms with van der Waals surface area (Å²) >= 11 is 1.08. The van der Waals surface area contributed by atoms with Crippen LogP contribution in [0.1, 0.15) is 52.1 Å². The zero-order chi connectivity index (χ0) is 29.9. The van der Waals surface area contributed by atoms with Crippen molar-refractivity contribution in [2.45, 2.75) is 30.0 Å². The number of carbonyl (C=O) groups excluding carboxylic acids is 2. The minimum Gasteiger partial charge on any atom is -0.493 e. The Hall–Kier alpha value is -3.45. The van der Waals surface area contributed by atoms with Gasteiger partial charge < -0.3 is 19.3 Å². The molecule has 10 nitrogen and oxygen atoms in total. The molecular weight excluding hydrogens is 578 g/mol. The van der Waals surface area contributed by atoms with Gasteiger partial charge in [-0.25, -0.2) is 0 Å². The number of ether oxygens (including phenoxy) is 2. The van der Waals surface area contributed by atoms with Crippen LogP contribution in [0.5, 0.6) is 11.5 Å². The summed E-state index contributed by atoms with van der Waals surface area (Å²) in [4.78, 5) is 33.8. The van der Waals surface area contributed by atoms with Crippen LogP contribution in [0.2, 0.25) is 0 Å². The van der Waals surface area contributed by atoms with Gasteiger partial charge in [0.25, 0.3) is 11.8 Å². The molecule has 12 heteroatoms. The van der Waals surface area contributed by atoms with Crippen LogP contribution >= 0.6 is 11.3 Å². The van der Waals surface area contributed by atoms with E-state index in [0.717, 1.165) is 49.7 Å². The van der Waals surface area contributed by atoms with Gasteiger partial charge in [0.15, 0.2) is 11.5 Å². The van der Waals surface area contributed by atoms with Crippen molar-refractivity contribution in [2.75, 3.05) is 58.5 Å². The summed E-state index contributed by atoms with van der Waals surface area (Å²) in [5, 5.41) is 1.67. The Balaban J connectivity index is 1.43. The van der Waals surface area contributed by atoms with E-state index in [9.17, 15) is 18.0 Å². The molecule has 2 aliphatic rings. The van der Waals surface area contributed by atoms with Gasteiger partial charge in [0.1, 0.15) is 4.21 Å². The van der Waals surface area contributed by atoms with Crippen LogP contribution in [0.3, 0.4) is 0 Å². The van der Waals surface area contributed by atoms with E-state index >= 15 is 0 Å². The lowest BCUT2D eigenvalue weighted by atomic mass is 9.99. The summed E-state index contributed by atoms with van der Waals surface area (Å²) < 4.78 is 41.4. The molecule has 0 bridgehead atoms. The number of rotatable bonds is 12. The molecule has 2 aliphatic heterocycles. The SMILES string of the molecule is CCN1CCN(c2cccc3c2C(=O)N([C@H](CCCOS(=O)(=O)c2cccs2)c2ccc(OC)c(OC)c2)C3=O)CC1. The Morgan fingerprint density at radius 2 is 1.69 bits per heavy atom. The number of methoxy groups -OCH3 is 2. The molecule has 0 N–H and O–H groups in total. The first-order valence-electron chi connectivity index (χ1n) is 13.9. The summed E-state index contributed by atoms with van der Waals surface area (Å²) in [5.41, 5.74) is 2.22. The van der Waals surface area contributed by atoms with E-state index in [1.807, 2.05) is 12.1 Å². The number of thiophene rings is 1.